The van der Waals surface area contributed by atoms with E-state index in [1.165, 1.54) is 11.3 Å². The molecule has 1 atom stereocenters. The van der Waals surface area contributed by atoms with Gasteiger partial charge in [-0.25, -0.2) is 4.98 Å². The fraction of sp³-hybridized carbons (Fsp3) is 0.286. The zero-order chi connectivity index (χ0) is 18.6. The number of thiazole rings is 1. The Bertz CT molecular complexity index is 907. The molecule has 1 aromatic carbocycles. The minimum Gasteiger partial charge on any atom is -0.298 e. The summed E-state index contributed by atoms with van der Waals surface area (Å²) in [6.07, 6.45) is 4.07. The van der Waals surface area contributed by atoms with Crippen molar-refractivity contribution in [1.82, 2.24) is 14.9 Å². The summed E-state index contributed by atoms with van der Waals surface area (Å²) in [6.45, 7) is 3.88. The van der Waals surface area contributed by atoms with E-state index in [9.17, 15) is 4.79 Å². The highest BCUT2D eigenvalue weighted by molar-refractivity contribution is 7.14. The highest BCUT2D eigenvalue weighted by Crippen LogP contribution is 2.34. The minimum absolute atomic E-state index is 0.118. The molecule has 4 rings (SSSR count). The van der Waals surface area contributed by atoms with Gasteiger partial charge in [0.1, 0.15) is 0 Å². The molecule has 0 spiro atoms. The van der Waals surface area contributed by atoms with Crippen LogP contribution in [0.15, 0.2) is 54.0 Å². The normalized spacial score (nSPS) is 17.1. The number of likely N-dealkylation sites (tertiary alicyclic amines) is 1. The SMILES string of the molecule is Cc1ccc(C(=O)Nc2nc([C@@H]3CCCN3Cc3ccccn3)cs2)cc1. The molecule has 0 bridgehead atoms. The summed E-state index contributed by atoms with van der Waals surface area (Å²) in [4.78, 5) is 23.9. The van der Waals surface area contributed by atoms with Gasteiger partial charge in [-0.15, -0.1) is 11.3 Å². The van der Waals surface area contributed by atoms with Crippen LogP contribution in [0, 0.1) is 6.92 Å². The summed E-state index contributed by atoms with van der Waals surface area (Å²) in [5.41, 5.74) is 3.90. The fourth-order valence-corrected chi connectivity index (χ4v) is 4.17. The van der Waals surface area contributed by atoms with Gasteiger partial charge in [0.15, 0.2) is 5.13 Å². The molecule has 1 aliphatic heterocycles. The van der Waals surface area contributed by atoms with Crippen molar-refractivity contribution in [1.29, 1.82) is 0 Å². The number of nitrogens with zero attached hydrogens (tertiary/aromatic N) is 3. The number of rotatable bonds is 5. The van der Waals surface area contributed by atoms with Crippen LogP contribution in [0.5, 0.6) is 0 Å². The van der Waals surface area contributed by atoms with E-state index in [-0.39, 0.29) is 11.9 Å². The van der Waals surface area contributed by atoms with Gasteiger partial charge in [-0.1, -0.05) is 23.8 Å². The molecule has 1 amide bonds. The van der Waals surface area contributed by atoms with E-state index in [0.717, 1.165) is 42.9 Å². The average molecular weight is 379 g/mol. The summed E-state index contributed by atoms with van der Waals surface area (Å²) < 4.78 is 0. The van der Waals surface area contributed by atoms with Gasteiger partial charge in [0.2, 0.25) is 0 Å². The molecule has 6 heteroatoms. The first kappa shape index (κ1) is 17.8. The molecule has 0 unspecified atom stereocenters. The first-order chi connectivity index (χ1) is 13.2. The predicted molar refractivity (Wildman–Crippen MR) is 108 cm³/mol. The van der Waals surface area contributed by atoms with E-state index in [2.05, 4.69) is 26.6 Å². The lowest BCUT2D eigenvalue weighted by atomic mass is 10.1. The van der Waals surface area contributed by atoms with E-state index >= 15 is 0 Å². The number of hydrogen-bond donors (Lipinski definition) is 1. The number of anilines is 1. The van der Waals surface area contributed by atoms with E-state index in [0.29, 0.717) is 10.7 Å². The van der Waals surface area contributed by atoms with E-state index in [1.807, 2.05) is 49.5 Å². The highest BCUT2D eigenvalue weighted by atomic mass is 32.1. The summed E-state index contributed by atoms with van der Waals surface area (Å²) >= 11 is 1.49. The van der Waals surface area contributed by atoms with Gasteiger partial charge in [0.05, 0.1) is 17.4 Å². The Hall–Kier alpha value is -2.57. The summed E-state index contributed by atoms with van der Waals surface area (Å²) in [6, 6.07) is 13.9. The standard InChI is InChI=1S/C21H22N4OS/c1-15-7-9-16(10-8-15)20(26)24-21-23-18(14-27-21)19-6-4-12-25(19)13-17-5-2-3-11-22-17/h2-3,5,7-11,14,19H,4,6,12-13H2,1H3,(H,23,24,26)/t19-/m0/s1. The number of aryl methyl sites for hydroxylation is 1. The second-order valence-corrected chi connectivity index (χ2v) is 7.71. The van der Waals surface area contributed by atoms with Crippen LogP contribution in [0.3, 0.4) is 0 Å². The Morgan fingerprint density at radius 3 is 2.89 bits per heavy atom. The number of amides is 1. The van der Waals surface area contributed by atoms with Crippen molar-refractivity contribution in [2.75, 3.05) is 11.9 Å². The number of hydrogen-bond acceptors (Lipinski definition) is 5. The highest BCUT2D eigenvalue weighted by Gasteiger charge is 2.28. The summed E-state index contributed by atoms with van der Waals surface area (Å²) in [7, 11) is 0. The van der Waals surface area contributed by atoms with Crippen LogP contribution < -0.4 is 5.32 Å². The molecular formula is C21H22N4OS. The number of aromatic nitrogens is 2. The van der Waals surface area contributed by atoms with Gasteiger partial charge in [-0.3, -0.25) is 20.0 Å². The van der Waals surface area contributed by atoms with Crippen molar-refractivity contribution < 1.29 is 4.79 Å². The van der Waals surface area contributed by atoms with Gasteiger partial charge in [0.25, 0.3) is 5.91 Å². The molecule has 0 aliphatic carbocycles. The number of benzene rings is 1. The van der Waals surface area contributed by atoms with Crippen LogP contribution in [-0.2, 0) is 6.54 Å². The van der Waals surface area contributed by atoms with Gasteiger partial charge in [-0.2, -0.15) is 0 Å². The van der Waals surface area contributed by atoms with E-state index < -0.39 is 0 Å². The Kier molecular flexibility index (Phi) is 5.27. The van der Waals surface area contributed by atoms with Crippen LogP contribution in [0.1, 0.15) is 46.2 Å². The molecule has 27 heavy (non-hydrogen) atoms. The van der Waals surface area contributed by atoms with Crippen molar-refractivity contribution in [3.05, 3.63) is 76.6 Å². The number of pyridine rings is 1. The van der Waals surface area contributed by atoms with Crippen LogP contribution in [0.2, 0.25) is 0 Å². The Balaban J connectivity index is 1.43. The first-order valence-corrected chi connectivity index (χ1v) is 10.0. The maximum absolute atomic E-state index is 12.4. The third-order valence-corrected chi connectivity index (χ3v) is 5.63. The lowest BCUT2D eigenvalue weighted by Crippen LogP contribution is -2.23. The molecule has 3 aromatic rings. The third-order valence-electron chi connectivity index (χ3n) is 4.85. The molecule has 5 nitrogen and oxygen atoms in total. The van der Waals surface area contributed by atoms with Crippen LogP contribution in [-0.4, -0.2) is 27.3 Å². The van der Waals surface area contributed by atoms with E-state index in [1.54, 1.807) is 0 Å². The molecule has 2 aromatic heterocycles. The van der Waals surface area contributed by atoms with E-state index in [4.69, 9.17) is 4.98 Å². The minimum atomic E-state index is -0.118. The summed E-state index contributed by atoms with van der Waals surface area (Å²) in [5.74, 6) is -0.118. The molecule has 0 radical (unpaired) electrons. The molecule has 1 N–H and O–H groups in total. The molecule has 1 fully saturated rings. The topological polar surface area (TPSA) is 58.1 Å². The second-order valence-electron chi connectivity index (χ2n) is 6.85. The van der Waals surface area contributed by atoms with Gasteiger partial charge >= 0.3 is 0 Å². The Labute approximate surface area is 163 Å². The molecule has 1 aliphatic rings. The number of carbonyl (C=O) groups excluding carboxylic acids is 1. The van der Waals surface area contributed by atoms with Crippen LogP contribution in [0.4, 0.5) is 5.13 Å². The smallest absolute Gasteiger partial charge is 0.257 e. The van der Waals surface area contributed by atoms with Crippen molar-refractivity contribution >= 4 is 22.4 Å². The van der Waals surface area contributed by atoms with Crippen molar-refractivity contribution in [2.24, 2.45) is 0 Å². The number of nitrogens with one attached hydrogen (secondary N) is 1. The average Bonchev–Trinajstić information content (AvgIpc) is 3.32. The van der Waals surface area contributed by atoms with Crippen LogP contribution >= 0.6 is 11.3 Å². The lowest BCUT2D eigenvalue weighted by molar-refractivity contribution is 0.102. The van der Waals surface area contributed by atoms with Crippen molar-refractivity contribution in [3.8, 4) is 0 Å². The monoisotopic (exact) mass is 378 g/mol. The van der Waals surface area contributed by atoms with Gasteiger partial charge in [0, 0.05) is 23.7 Å². The Morgan fingerprint density at radius 1 is 1.26 bits per heavy atom. The lowest BCUT2D eigenvalue weighted by Gasteiger charge is -2.22. The third kappa shape index (κ3) is 4.23. The van der Waals surface area contributed by atoms with Crippen molar-refractivity contribution in [2.45, 2.75) is 32.4 Å². The van der Waals surface area contributed by atoms with Gasteiger partial charge in [-0.05, 0) is 50.6 Å². The maximum Gasteiger partial charge on any atom is 0.257 e. The summed E-state index contributed by atoms with van der Waals surface area (Å²) in [5, 5.41) is 5.64. The van der Waals surface area contributed by atoms with Crippen LogP contribution in [0.25, 0.3) is 0 Å². The maximum atomic E-state index is 12.4. The first-order valence-electron chi connectivity index (χ1n) is 9.16. The second kappa shape index (κ2) is 7.98. The molecule has 0 saturated carbocycles. The fourth-order valence-electron chi connectivity index (χ4n) is 3.42. The zero-order valence-corrected chi connectivity index (χ0v) is 16.1. The Morgan fingerprint density at radius 2 is 2.11 bits per heavy atom. The predicted octanol–water partition coefficient (Wildman–Crippen LogP) is 4.44. The quantitative estimate of drug-likeness (QED) is 0.713. The molecular weight excluding hydrogens is 356 g/mol. The largest absolute Gasteiger partial charge is 0.298 e. The molecule has 138 valence electrons. The molecule has 3 heterocycles. The van der Waals surface area contributed by atoms with Gasteiger partial charge < -0.3 is 0 Å². The van der Waals surface area contributed by atoms with Crippen molar-refractivity contribution in [3.63, 3.8) is 0 Å². The number of carbonyl (C=O) groups is 1. The zero-order valence-electron chi connectivity index (χ0n) is 15.3. The molecule has 1 saturated heterocycles.